The summed E-state index contributed by atoms with van der Waals surface area (Å²) in [4.78, 5) is 21.2. The fraction of sp³-hybridized carbons (Fsp3) is 0.286. The molecule has 4 rings (SSSR count). The van der Waals surface area contributed by atoms with Gasteiger partial charge < -0.3 is 19.9 Å². The lowest BCUT2D eigenvalue weighted by Crippen LogP contribution is -2.50. The van der Waals surface area contributed by atoms with Crippen LogP contribution in [0, 0.1) is 0 Å². The molecule has 2 aromatic carbocycles. The summed E-state index contributed by atoms with van der Waals surface area (Å²) in [6.07, 6.45) is 0.677. The lowest BCUT2D eigenvalue weighted by Gasteiger charge is -2.34. The van der Waals surface area contributed by atoms with Gasteiger partial charge in [-0.2, -0.15) is 4.37 Å². The van der Waals surface area contributed by atoms with Gasteiger partial charge in [-0.25, -0.2) is 9.78 Å². The number of methoxy groups -OCH3 is 1. The third-order valence-corrected chi connectivity index (χ3v) is 5.96. The molecule has 0 unspecified atom stereocenters. The molecule has 0 spiro atoms. The third kappa shape index (κ3) is 5.01. The molecule has 2 heterocycles. The van der Waals surface area contributed by atoms with Gasteiger partial charge >= 0.3 is 6.03 Å². The van der Waals surface area contributed by atoms with Crippen molar-refractivity contribution < 1.29 is 9.53 Å². The van der Waals surface area contributed by atoms with Gasteiger partial charge in [0.25, 0.3) is 0 Å². The van der Waals surface area contributed by atoms with Crippen molar-refractivity contribution in [2.45, 2.75) is 6.42 Å². The number of halogens is 1. The van der Waals surface area contributed by atoms with Gasteiger partial charge in [0.05, 0.1) is 7.11 Å². The number of nitrogens with one attached hydrogen (secondary N) is 1. The van der Waals surface area contributed by atoms with Crippen molar-refractivity contribution in [1.29, 1.82) is 0 Å². The second-order valence-electron chi connectivity index (χ2n) is 6.93. The third-order valence-electron chi connectivity index (χ3n) is 4.89. The summed E-state index contributed by atoms with van der Waals surface area (Å²) in [5, 5.41) is 4.55. The molecule has 0 bridgehead atoms. The van der Waals surface area contributed by atoms with Crippen LogP contribution in [0.3, 0.4) is 0 Å². The smallest absolute Gasteiger partial charge is 0.321 e. The van der Waals surface area contributed by atoms with Crippen molar-refractivity contribution in [2.75, 3.05) is 43.5 Å². The van der Waals surface area contributed by atoms with Gasteiger partial charge in [0, 0.05) is 60.9 Å². The Kier molecular flexibility index (Phi) is 6.35. The van der Waals surface area contributed by atoms with E-state index in [0.717, 1.165) is 40.3 Å². The molecular weight excluding hydrogens is 422 g/mol. The number of aromatic nitrogens is 2. The van der Waals surface area contributed by atoms with Crippen molar-refractivity contribution in [3.05, 3.63) is 64.9 Å². The molecule has 0 atom stereocenters. The Morgan fingerprint density at radius 3 is 2.67 bits per heavy atom. The quantitative estimate of drug-likeness (QED) is 0.641. The number of rotatable bonds is 5. The Morgan fingerprint density at radius 2 is 1.93 bits per heavy atom. The molecule has 9 heteroatoms. The fourth-order valence-electron chi connectivity index (χ4n) is 3.23. The average Bonchev–Trinajstić information content (AvgIpc) is 3.24. The highest BCUT2D eigenvalue weighted by atomic mass is 35.5. The van der Waals surface area contributed by atoms with E-state index in [9.17, 15) is 4.79 Å². The van der Waals surface area contributed by atoms with Crippen LogP contribution in [-0.2, 0) is 6.42 Å². The largest absolute Gasteiger partial charge is 0.497 e. The minimum absolute atomic E-state index is 0.108. The minimum Gasteiger partial charge on any atom is -0.497 e. The highest BCUT2D eigenvalue weighted by Gasteiger charge is 2.23. The summed E-state index contributed by atoms with van der Waals surface area (Å²) in [7, 11) is 1.61. The second kappa shape index (κ2) is 9.32. The first-order valence-corrected chi connectivity index (χ1v) is 10.8. The van der Waals surface area contributed by atoms with Gasteiger partial charge in [-0.15, -0.1) is 0 Å². The lowest BCUT2D eigenvalue weighted by atomic mass is 10.1. The Bertz CT molecular complexity index is 1000. The molecule has 1 aliphatic rings. The van der Waals surface area contributed by atoms with Crippen molar-refractivity contribution in [3.63, 3.8) is 0 Å². The van der Waals surface area contributed by atoms with E-state index in [1.54, 1.807) is 13.2 Å². The molecule has 1 aromatic heterocycles. The van der Waals surface area contributed by atoms with Crippen molar-refractivity contribution in [1.82, 2.24) is 14.3 Å². The number of amides is 2. The molecule has 2 amide bonds. The summed E-state index contributed by atoms with van der Waals surface area (Å²) in [5.74, 6) is 1.51. The van der Waals surface area contributed by atoms with E-state index in [2.05, 4.69) is 19.6 Å². The van der Waals surface area contributed by atoms with E-state index in [1.165, 1.54) is 11.5 Å². The van der Waals surface area contributed by atoms with Crippen molar-refractivity contribution in [3.8, 4) is 5.75 Å². The molecule has 7 nitrogen and oxygen atoms in total. The lowest BCUT2D eigenvalue weighted by molar-refractivity contribution is 0.208. The number of ether oxygens (including phenoxy) is 1. The van der Waals surface area contributed by atoms with Crippen LogP contribution in [-0.4, -0.2) is 53.6 Å². The van der Waals surface area contributed by atoms with Crippen LogP contribution in [0.25, 0.3) is 0 Å². The predicted molar refractivity (Wildman–Crippen MR) is 120 cm³/mol. The maximum Gasteiger partial charge on any atom is 0.321 e. The fourth-order valence-corrected chi connectivity index (χ4v) is 4.10. The molecule has 0 aliphatic carbocycles. The normalized spacial score (nSPS) is 13.9. The number of benzene rings is 2. The molecule has 1 aliphatic heterocycles. The summed E-state index contributed by atoms with van der Waals surface area (Å²) in [6, 6.07) is 15.0. The van der Waals surface area contributed by atoms with E-state index in [-0.39, 0.29) is 6.03 Å². The van der Waals surface area contributed by atoms with Gasteiger partial charge in [0.15, 0.2) is 0 Å². The predicted octanol–water partition coefficient (Wildman–Crippen LogP) is 4.15. The maximum absolute atomic E-state index is 12.6. The summed E-state index contributed by atoms with van der Waals surface area (Å²) >= 11 is 7.34. The highest BCUT2D eigenvalue weighted by molar-refractivity contribution is 7.09. The standard InChI is InChI=1S/C21H22ClN5O2S/c1-29-18-4-2-3-17(14-18)23-20(28)26-9-11-27(12-10-26)21-24-19(25-30-21)13-15-5-7-16(22)8-6-15/h2-8,14H,9-13H2,1H3,(H,23,28). The van der Waals surface area contributed by atoms with Crippen molar-refractivity contribution in [2.24, 2.45) is 0 Å². The molecule has 30 heavy (non-hydrogen) atoms. The SMILES string of the molecule is COc1cccc(NC(=O)N2CCN(c3nc(Cc4ccc(Cl)cc4)ns3)CC2)c1. The van der Waals surface area contributed by atoms with E-state index in [4.69, 9.17) is 16.3 Å². The summed E-state index contributed by atoms with van der Waals surface area (Å²) < 4.78 is 9.69. The van der Waals surface area contributed by atoms with Gasteiger partial charge in [-0.1, -0.05) is 29.8 Å². The van der Waals surface area contributed by atoms with Crippen LogP contribution in [0.5, 0.6) is 5.75 Å². The molecular formula is C21H22ClN5O2S. The molecule has 3 aromatic rings. The van der Waals surface area contributed by atoms with Crippen LogP contribution in [0.4, 0.5) is 15.6 Å². The van der Waals surface area contributed by atoms with E-state index >= 15 is 0 Å². The molecule has 1 N–H and O–H groups in total. The van der Waals surface area contributed by atoms with E-state index in [0.29, 0.717) is 25.3 Å². The highest BCUT2D eigenvalue weighted by Crippen LogP contribution is 2.22. The van der Waals surface area contributed by atoms with E-state index < -0.39 is 0 Å². The number of urea groups is 1. The number of carbonyl (C=O) groups is 1. The van der Waals surface area contributed by atoms with Crippen LogP contribution in [0.2, 0.25) is 5.02 Å². The molecule has 0 saturated carbocycles. The average molecular weight is 444 g/mol. The monoisotopic (exact) mass is 443 g/mol. The Morgan fingerprint density at radius 1 is 1.17 bits per heavy atom. The maximum atomic E-state index is 12.6. The Balaban J connectivity index is 1.30. The first kappa shape index (κ1) is 20.4. The molecule has 156 valence electrons. The first-order chi connectivity index (χ1) is 14.6. The van der Waals surface area contributed by atoms with E-state index in [1.807, 2.05) is 47.4 Å². The molecule has 1 fully saturated rings. The zero-order valence-electron chi connectivity index (χ0n) is 16.5. The van der Waals surface area contributed by atoms with Crippen LogP contribution < -0.4 is 15.0 Å². The van der Waals surface area contributed by atoms with Gasteiger partial charge in [-0.3, -0.25) is 0 Å². The number of hydrogen-bond acceptors (Lipinski definition) is 6. The van der Waals surface area contributed by atoms with Crippen molar-refractivity contribution >= 4 is 40.0 Å². The second-order valence-corrected chi connectivity index (χ2v) is 8.10. The zero-order valence-corrected chi connectivity index (χ0v) is 18.1. The number of hydrogen-bond donors (Lipinski definition) is 1. The van der Waals surface area contributed by atoms with Gasteiger partial charge in [-0.05, 0) is 29.8 Å². The zero-order chi connectivity index (χ0) is 20.9. The van der Waals surface area contributed by atoms with Crippen LogP contribution >= 0.6 is 23.1 Å². The Hall–Kier alpha value is -2.84. The van der Waals surface area contributed by atoms with Gasteiger partial charge in [0.2, 0.25) is 5.13 Å². The number of carbonyl (C=O) groups excluding carboxylic acids is 1. The summed E-state index contributed by atoms with van der Waals surface area (Å²) in [6.45, 7) is 2.70. The number of anilines is 2. The number of piperazine rings is 1. The van der Waals surface area contributed by atoms with Crippen LogP contribution in [0.15, 0.2) is 48.5 Å². The molecule has 0 radical (unpaired) electrons. The molecule has 1 saturated heterocycles. The topological polar surface area (TPSA) is 70.6 Å². The summed E-state index contributed by atoms with van der Waals surface area (Å²) in [5.41, 5.74) is 1.85. The van der Waals surface area contributed by atoms with Gasteiger partial charge in [0.1, 0.15) is 11.6 Å². The van der Waals surface area contributed by atoms with Crippen LogP contribution in [0.1, 0.15) is 11.4 Å². The number of nitrogens with zero attached hydrogens (tertiary/aromatic N) is 4. The first-order valence-electron chi connectivity index (χ1n) is 9.62. The minimum atomic E-state index is -0.108. The Labute approximate surface area is 184 Å².